The third-order valence-corrected chi connectivity index (χ3v) is 7.89. The van der Waals surface area contributed by atoms with E-state index in [0.29, 0.717) is 5.56 Å². The first-order valence-corrected chi connectivity index (χ1v) is 14.4. The number of hydrogen-bond donors (Lipinski definition) is 1. The van der Waals surface area contributed by atoms with Crippen LogP contribution in [0.25, 0.3) is 0 Å². The van der Waals surface area contributed by atoms with Crippen molar-refractivity contribution in [3.05, 3.63) is 108 Å². The molecule has 3 aliphatic rings. The van der Waals surface area contributed by atoms with Crippen LogP contribution < -0.4 is 0 Å². The quantitative estimate of drug-likeness (QED) is 0.248. The summed E-state index contributed by atoms with van der Waals surface area (Å²) in [5.41, 5.74) is -0.559. The Morgan fingerprint density at radius 2 is 1.27 bits per heavy atom. The first-order chi connectivity index (χ1) is 21.9. The van der Waals surface area contributed by atoms with Gasteiger partial charge in [0.2, 0.25) is 0 Å². The molecule has 236 valence electrons. The summed E-state index contributed by atoms with van der Waals surface area (Å²) in [5.74, 6) is -2.06. The van der Waals surface area contributed by atoms with Crippen LogP contribution in [0, 0.1) is 0 Å². The van der Waals surface area contributed by atoms with Crippen molar-refractivity contribution in [2.75, 3.05) is 26.9 Å². The Kier molecular flexibility index (Phi) is 9.21. The van der Waals surface area contributed by atoms with Crippen LogP contribution >= 0.6 is 0 Å². The lowest BCUT2D eigenvalue weighted by Crippen LogP contribution is -2.63. The summed E-state index contributed by atoms with van der Waals surface area (Å²) in [6, 6.07) is 24.8. The van der Waals surface area contributed by atoms with E-state index in [1.54, 1.807) is 91.0 Å². The Balaban J connectivity index is 1.25. The predicted molar refractivity (Wildman–Crippen MR) is 153 cm³/mol. The van der Waals surface area contributed by atoms with Crippen LogP contribution in [0.3, 0.4) is 0 Å². The lowest BCUT2D eigenvalue weighted by molar-refractivity contribution is -0.255. The van der Waals surface area contributed by atoms with Crippen molar-refractivity contribution in [1.29, 1.82) is 0 Å². The second-order valence-corrected chi connectivity index (χ2v) is 10.8. The molecule has 45 heavy (non-hydrogen) atoms. The maximum Gasteiger partial charge on any atom is 0.338 e. The Morgan fingerprint density at radius 1 is 0.733 bits per heavy atom. The molecule has 3 aromatic carbocycles. The Bertz CT molecular complexity index is 1470. The molecule has 0 aromatic heterocycles. The van der Waals surface area contributed by atoms with E-state index in [1.165, 1.54) is 7.11 Å². The number of carbonyl (C=O) groups excluding carboxylic acids is 3. The molecule has 0 spiro atoms. The fraction of sp³-hybridized carbons (Fsp3) is 0.364. The second kappa shape index (κ2) is 13.4. The molecular weight excluding hydrogens is 588 g/mol. The SMILES string of the molecule is CO[C@H]1O[C@H](CO[C@H]2O[C@H](COC(=O)c3ccccc3)[C@@H](OC(=O)c3ccccc3)[C@@H]2OC(=O)c2ccccc2)[C@@]2(O)CO[C@@H]12. The van der Waals surface area contributed by atoms with Crippen molar-refractivity contribution >= 4 is 17.9 Å². The van der Waals surface area contributed by atoms with Crippen molar-refractivity contribution in [1.82, 2.24) is 0 Å². The van der Waals surface area contributed by atoms with Gasteiger partial charge in [0, 0.05) is 7.11 Å². The highest BCUT2D eigenvalue weighted by atomic mass is 16.8. The van der Waals surface area contributed by atoms with Gasteiger partial charge in [0.05, 0.1) is 29.9 Å². The number of carbonyl (C=O) groups is 3. The van der Waals surface area contributed by atoms with Crippen LogP contribution in [0.1, 0.15) is 31.1 Å². The molecule has 0 radical (unpaired) electrons. The van der Waals surface area contributed by atoms with Gasteiger partial charge < -0.3 is 43.0 Å². The molecule has 0 saturated carbocycles. The second-order valence-electron chi connectivity index (χ2n) is 10.8. The van der Waals surface area contributed by atoms with Crippen LogP contribution in [-0.4, -0.2) is 98.6 Å². The van der Waals surface area contributed by atoms with Crippen molar-refractivity contribution in [2.24, 2.45) is 0 Å². The molecule has 3 fully saturated rings. The zero-order valence-corrected chi connectivity index (χ0v) is 24.3. The van der Waals surface area contributed by atoms with Crippen molar-refractivity contribution in [3.8, 4) is 0 Å². The molecule has 3 aliphatic heterocycles. The van der Waals surface area contributed by atoms with Crippen molar-refractivity contribution < 1.29 is 57.4 Å². The zero-order valence-electron chi connectivity index (χ0n) is 24.3. The Morgan fingerprint density at radius 3 is 1.76 bits per heavy atom. The van der Waals surface area contributed by atoms with E-state index in [2.05, 4.69) is 0 Å². The van der Waals surface area contributed by atoms with E-state index in [0.717, 1.165) is 0 Å². The largest absolute Gasteiger partial charge is 0.459 e. The molecule has 1 N–H and O–H groups in total. The van der Waals surface area contributed by atoms with Crippen LogP contribution in [0.4, 0.5) is 0 Å². The minimum Gasteiger partial charge on any atom is -0.459 e. The van der Waals surface area contributed by atoms with E-state index in [1.807, 2.05) is 0 Å². The average Bonchev–Trinajstić information content (AvgIpc) is 3.48. The third kappa shape index (κ3) is 6.47. The molecule has 3 saturated heterocycles. The van der Waals surface area contributed by atoms with E-state index in [-0.39, 0.29) is 30.9 Å². The third-order valence-electron chi connectivity index (χ3n) is 7.89. The zero-order chi connectivity index (χ0) is 31.4. The minimum absolute atomic E-state index is 0.0128. The molecule has 3 aromatic rings. The molecule has 6 rings (SSSR count). The molecule has 8 atom stereocenters. The number of rotatable bonds is 11. The number of aliphatic hydroxyl groups is 1. The highest BCUT2D eigenvalue weighted by molar-refractivity contribution is 5.91. The van der Waals surface area contributed by atoms with Gasteiger partial charge in [-0.25, -0.2) is 14.4 Å². The normalized spacial score (nSPS) is 30.1. The lowest BCUT2D eigenvalue weighted by Gasteiger charge is -2.42. The number of fused-ring (bicyclic) bond motifs is 1. The van der Waals surface area contributed by atoms with E-state index < -0.39 is 66.6 Å². The molecule has 0 amide bonds. The molecule has 0 unspecified atom stereocenters. The van der Waals surface area contributed by atoms with Gasteiger partial charge in [-0.2, -0.15) is 0 Å². The van der Waals surface area contributed by atoms with Gasteiger partial charge in [-0.05, 0) is 36.4 Å². The van der Waals surface area contributed by atoms with Gasteiger partial charge in [0.15, 0.2) is 24.8 Å². The summed E-state index contributed by atoms with van der Waals surface area (Å²) in [6.07, 6.45) is -7.32. The van der Waals surface area contributed by atoms with Crippen molar-refractivity contribution in [3.63, 3.8) is 0 Å². The molecule has 12 heteroatoms. The standard InChI is InChI=1S/C33H32O12/c1-38-32-27-33(37,19-41-27)24(43-32)18-40-31-26(45-30(36)22-15-9-4-10-16-22)25(44-29(35)21-13-7-3-8-14-21)23(42-31)17-39-28(34)20-11-5-2-6-12-20/h2-16,23-27,31-32,37H,17-19H2,1H3/t23-,24-,25-,26+,27+,31+,32+,33+/m1/s1. The summed E-state index contributed by atoms with van der Waals surface area (Å²) in [5, 5.41) is 11.1. The average molecular weight is 621 g/mol. The number of hydrogen-bond acceptors (Lipinski definition) is 12. The van der Waals surface area contributed by atoms with Gasteiger partial charge in [0.1, 0.15) is 30.5 Å². The lowest BCUT2D eigenvalue weighted by atomic mass is 9.89. The first kappa shape index (κ1) is 30.8. The number of esters is 3. The van der Waals surface area contributed by atoms with Crippen molar-refractivity contribution in [2.45, 2.75) is 48.7 Å². The van der Waals surface area contributed by atoms with Crippen LogP contribution in [0.2, 0.25) is 0 Å². The summed E-state index contributed by atoms with van der Waals surface area (Å²) >= 11 is 0. The number of benzene rings is 3. The summed E-state index contributed by atoms with van der Waals surface area (Å²) in [4.78, 5) is 39.3. The van der Waals surface area contributed by atoms with Gasteiger partial charge in [-0.1, -0.05) is 54.6 Å². The monoisotopic (exact) mass is 620 g/mol. The van der Waals surface area contributed by atoms with Gasteiger partial charge >= 0.3 is 17.9 Å². The van der Waals surface area contributed by atoms with Gasteiger partial charge in [-0.3, -0.25) is 0 Å². The Hall–Kier alpha value is -4.17. The Labute approximate surface area is 258 Å². The van der Waals surface area contributed by atoms with Gasteiger partial charge in [-0.15, -0.1) is 0 Å². The van der Waals surface area contributed by atoms with E-state index in [9.17, 15) is 19.5 Å². The highest BCUT2D eigenvalue weighted by Gasteiger charge is 2.64. The maximum absolute atomic E-state index is 13.2. The summed E-state index contributed by atoms with van der Waals surface area (Å²) in [7, 11) is 1.43. The topological polar surface area (TPSA) is 145 Å². The first-order valence-electron chi connectivity index (χ1n) is 14.4. The molecule has 12 nitrogen and oxygen atoms in total. The smallest absolute Gasteiger partial charge is 0.338 e. The maximum atomic E-state index is 13.2. The number of methoxy groups -OCH3 is 1. The molecule has 0 bridgehead atoms. The summed E-state index contributed by atoms with van der Waals surface area (Å²) < 4.78 is 46.0. The predicted octanol–water partition coefficient (Wildman–Crippen LogP) is 2.54. The number of ether oxygens (including phenoxy) is 8. The molecular formula is C33H32O12. The van der Waals surface area contributed by atoms with Crippen LogP contribution in [0.15, 0.2) is 91.0 Å². The molecule has 0 aliphatic carbocycles. The van der Waals surface area contributed by atoms with E-state index in [4.69, 9.17) is 37.9 Å². The minimum atomic E-state index is -1.36. The van der Waals surface area contributed by atoms with Gasteiger partial charge in [0.25, 0.3) is 0 Å². The van der Waals surface area contributed by atoms with Crippen LogP contribution in [-0.2, 0) is 37.9 Å². The molecule has 3 heterocycles. The van der Waals surface area contributed by atoms with Crippen LogP contribution in [0.5, 0.6) is 0 Å². The van der Waals surface area contributed by atoms with E-state index >= 15 is 0 Å². The summed E-state index contributed by atoms with van der Waals surface area (Å²) in [6.45, 7) is -0.555. The highest BCUT2D eigenvalue weighted by Crippen LogP contribution is 2.42. The fourth-order valence-corrected chi connectivity index (χ4v) is 5.41. The fourth-order valence-electron chi connectivity index (χ4n) is 5.41.